The number of nitrogens with two attached hydrogens (primary N) is 1. The number of halogens is 6. The van der Waals surface area contributed by atoms with E-state index in [9.17, 15) is 26.3 Å². The van der Waals surface area contributed by atoms with Crippen molar-refractivity contribution in [1.29, 1.82) is 0 Å². The molecule has 3 N–H and O–H groups in total. The Bertz CT molecular complexity index is 446. The van der Waals surface area contributed by atoms with E-state index in [-0.39, 0.29) is 17.9 Å². The molecule has 0 radical (unpaired) electrons. The Morgan fingerprint density at radius 1 is 1.14 bits per heavy atom. The van der Waals surface area contributed by atoms with Gasteiger partial charge in [-0.3, -0.25) is 11.3 Å². The first-order valence-electron chi connectivity index (χ1n) is 5.93. The lowest BCUT2D eigenvalue weighted by molar-refractivity contribution is -0.292. The Hall–Kier alpha value is -1.48. The largest absolute Gasteiger partial charge is 0.494 e. The molecule has 0 aromatic heterocycles. The molecule has 3 nitrogen and oxygen atoms in total. The van der Waals surface area contributed by atoms with Crippen LogP contribution in [0.1, 0.15) is 18.5 Å². The lowest BCUT2D eigenvalue weighted by Crippen LogP contribution is -2.47. The molecule has 0 saturated heterocycles. The summed E-state index contributed by atoms with van der Waals surface area (Å²) in [5.74, 6) is 1.48. The van der Waals surface area contributed by atoms with Gasteiger partial charge in [-0.15, -0.1) is 0 Å². The van der Waals surface area contributed by atoms with Crippen molar-refractivity contribution in [3.63, 3.8) is 0 Å². The molecule has 0 heterocycles. The van der Waals surface area contributed by atoms with Gasteiger partial charge in [0.15, 0.2) is 5.92 Å². The number of nitrogens with one attached hydrogen (secondary N) is 1. The monoisotopic (exact) mass is 316 g/mol. The van der Waals surface area contributed by atoms with E-state index in [1.165, 1.54) is 12.1 Å². The van der Waals surface area contributed by atoms with Gasteiger partial charge in [-0.25, -0.2) is 0 Å². The molecule has 21 heavy (non-hydrogen) atoms. The van der Waals surface area contributed by atoms with Crippen molar-refractivity contribution in [1.82, 2.24) is 5.43 Å². The van der Waals surface area contributed by atoms with Crippen molar-refractivity contribution in [3.05, 3.63) is 29.8 Å². The molecule has 120 valence electrons. The van der Waals surface area contributed by atoms with Crippen molar-refractivity contribution < 1.29 is 31.1 Å². The van der Waals surface area contributed by atoms with Crippen LogP contribution in [0.5, 0.6) is 5.75 Å². The average Bonchev–Trinajstić information content (AvgIpc) is 2.33. The first-order valence-corrected chi connectivity index (χ1v) is 5.93. The molecule has 1 aromatic rings. The van der Waals surface area contributed by atoms with Crippen LogP contribution in [0.25, 0.3) is 0 Å². The second-order valence-corrected chi connectivity index (χ2v) is 4.21. The lowest BCUT2D eigenvalue weighted by Gasteiger charge is -2.30. The highest BCUT2D eigenvalue weighted by atomic mass is 19.4. The van der Waals surface area contributed by atoms with E-state index >= 15 is 0 Å². The second kappa shape index (κ2) is 6.52. The minimum Gasteiger partial charge on any atom is -0.494 e. The van der Waals surface area contributed by atoms with Crippen molar-refractivity contribution >= 4 is 0 Å². The Kier molecular flexibility index (Phi) is 5.46. The molecule has 0 spiro atoms. The van der Waals surface area contributed by atoms with Gasteiger partial charge < -0.3 is 4.74 Å². The molecular weight excluding hydrogens is 302 g/mol. The quantitative estimate of drug-likeness (QED) is 0.498. The molecule has 1 atom stereocenters. The third kappa shape index (κ3) is 4.50. The number of rotatable bonds is 5. The van der Waals surface area contributed by atoms with E-state index in [2.05, 4.69) is 0 Å². The Morgan fingerprint density at radius 2 is 1.71 bits per heavy atom. The van der Waals surface area contributed by atoms with Crippen LogP contribution in [-0.2, 0) is 0 Å². The zero-order chi connectivity index (χ0) is 16.3. The maximum Gasteiger partial charge on any atom is 0.402 e. The van der Waals surface area contributed by atoms with E-state index in [1.807, 2.05) is 0 Å². The van der Waals surface area contributed by atoms with Crippen LogP contribution in [0.3, 0.4) is 0 Å². The lowest BCUT2D eigenvalue weighted by atomic mass is 9.92. The van der Waals surface area contributed by atoms with Gasteiger partial charge in [0.05, 0.1) is 12.6 Å². The molecule has 0 bridgehead atoms. The summed E-state index contributed by atoms with van der Waals surface area (Å²) in [6.07, 6.45) is -11.0. The topological polar surface area (TPSA) is 47.3 Å². The van der Waals surface area contributed by atoms with Gasteiger partial charge in [0, 0.05) is 0 Å². The summed E-state index contributed by atoms with van der Waals surface area (Å²) < 4.78 is 81.5. The summed E-state index contributed by atoms with van der Waals surface area (Å²) in [4.78, 5) is 0. The molecule has 9 heteroatoms. The van der Waals surface area contributed by atoms with E-state index in [1.54, 1.807) is 12.3 Å². The number of alkyl halides is 6. The average molecular weight is 316 g/mol. The molecule has 0 aliphatic rings. The predicted molar refractivity (Wildman–Crippen MR) is 63.3 cm³/mol. The number of ether oxygens (including phenoxy) is 1. The summed E-state index contributed by atoms with van der Waals surface area (Å²) in [6, 6.07) is 2.78. The van der Waals surface area contributed by atoms with Crippen molar-refractivity contribution in [2.75, 3.05) is 6.61 Å². The number of benzene rings is 1. The molecule has 0 amide bonds. The zero-order valence-corrected chi connectivity index (χ0v) is 10.9. The van der Waals surface area contributed by atoms with Crippen LogP contribution in [0, 0.1) is 5.92 Å². The fourth-order valence-corrected chi connectivity index (χ4v) is 1.91. The molecular formula is C12H14F6N2O. The smallest absolute Gasteiger partial charge is 0.402 e. The third-order valence-corrected chi connectivity index (χ3v) is 2.75. The van der Waals surface area contributed by atoms with Crippen LogP contribution in [0.4, 0.5) is 26.3 Å². The fraction of sp³-hybridized carbons (Fsp3) is 0.500. The Labute approximate surface area is 117 Å². The maximum atomic E-state index is 12.7. The van der Waals surface area contributed by atoms with Gasteiger partial charge in [-0.1, -0.05) is 12.1 Å². The summed E-state index contributed by atoms with van der Waals surface area (Å²) in [5, 5.41) is 0. The van der Waals surface area contributed by atoms with Gasteiger partial charge >= 0.3 is 12.4 Å². The minimum atomic E-state index is -5.49. The van der Waals surface area contributed by atoms with Gasteiger partial charge in [-0.2, -0.15) is 26.3 Å². The molecule has 1 rings (SSSR count). The molecule has 1 unspecified atom stereocenters. The van der Waals surface area contributed by atoms with Crippen LogP contribution in [0.2, 0.25) is 0 Å². The van der Waals surface area contributed by atoms with Gasteiger partial charge in [0.1, 0.15) is 5.75 Å². The first kappa shape index (κ1) is 17.6. The summed E-state index contributed by atoms with van der Waals surface area (Å²) >= 11 is 0. The maximum absolute atomic E-state index is 12.7. The summed E-state index contributed by atoms with van der Waals surface area (Å²) in [7, 11) is 0. The minimum absolute atomic E-state index is 0.165. The second-order valence-electron chi connectivity index (χ2n) is 4.21. The van der Waals surface area contributed by atoms with E-state index in [0.717, 1.165) is 12.1 Å². The fourth-order valence-electron chi connectivity index (χ4n) is 1.91. The summed E-state index contributed by atoms with van der Waals surface area (Å²) in [6.45, 7) is 1.87. The number of hydrogen-bond acceptors (Lipinski definition) is 3. The molecule has 0 aliphatic carbocycles. The molecule has 0 fully saturated rings. The van der Waals surface area contributed by atoms with Crippen LogP contribution >= 0.6 is 0 Å². The Morgan fingerprint density at radius 3 is 2.14 bits per heavy atom. The van der Waals surface area contributed by atoms with Gasteiger partial charge in [0.2, 0.25) is 0 Å². The molecule has 0 saturated carbocycles. The highest BCUT2D eigenvalue weighted by molar-refractivity contribution is 5.31. The van der Waals surface area contributed by atoms with E-state index in [0.29, 0.717) is 0 Å². The predicted octanol–water partition coefficient (Wildman–Crippen LogP) is 3.33. The zero-order valence-electron chi connectivity index (χ0n) is 10.9. The Balaban J connectivity index is 3.23. The third-order valence-electron chi connectivity index (χ3n) is 2.75. The van der Waals surface area contributed by atoms with Crippen LogP contribution in [-0.4, -0.2) is 19.0 Å². The van der Waals surface area contributed by atoms with Crippen molar-refractivity contribution in [3.8, 4) is 5.75 Å². The first-order chi connectivity index (χ1) is 9.61. The van der Waals surface area contributed by atoms with Crippen LogP contribution < -0.4 is 16.0 Å². The van der Waals surface area contributed by atoms with Gasteiger partial charge in [-0.05, 0) is 24.6 Å². The standard InChI is InChI=1S/C12H14F6N2O/c1-2-21-8-5-3-4-7(6-8)9(20-19)10(11(13,14)15)12(16,17)18/h3-6,9-10,20H,2,19H2,1H3. The van der Waals surface area contributed by atoms with Crippen LogP contribution in [0.15, 0.2) is 24.3 Å². The molecule has 0 aliphatic heterocycles. The van der Waals surface area contributed by atoms with Crippen molar-refractivity contribution in [2.24, 2.45) is 11.8 Å². The number of hydrogen-bond donors (Lipinski definition) is 2. The SMILES string of the molecule is CCOc1cccc(C(NN)C(C(F)(F)F)C(F)(F)F)c1. The normalized spacial score (nSPS) is 14.3. The van der Waals surface area contributed by atoms with E-state index in [4.69, 9.17) is 10.6 Å². The van der Waals surface area contributed by atoms with Gasteiger partial charge in [0.25, 0.3) is 0 Å². The number of hydrazine groups is 1. The van der Waals surface area contributed by atoms with Crippen molar-refractivity contribution in [2.45, 2.75) is 25.3 Å². The highest BCUT2D eigenvalue weighted by Crippen LogP contribution is 2.46. The summed E-state index contributed by atoms with van der Waals surface area (Å²) in [5.41, 5.74) is 1.34. The van der Waals surface area contributed by atoms with E-state index < -0.39 is 24.3 Å². The molecule has 1 aromatic carbocycles. The highest BCUT2D eigenvalue weighted by Gasteiger charge is 2.60.